The Morgan fingerprint density at radius 3 is 3.06 bits per heavy atom. The second-order valence-electron chi connectivity index (χ2n) is 4.52. The monoisotopic (exact) mass is 234 g/mol. The highest BCUT2D eigenvalue weighted by molar-refractivity contribution is 5.95. The fraction of sp³-hybridized carbons (Fsp3) is 0.500. The molecule has 0 radical (unpaired) electrons. The van der Waals surface area contributed by atoms with Gasteiger partial charge < -0.3 is 14.2 Å². The SMILES string of the molecule is O=C1C2CCCN2C(=O)CN1Cc1ccco1. The molecule has 5 nitrogen and oxygen atoms in total. The Morgan fingerprint density at radius 2 is 2.29 bits per heavy atom. The molecule has 2 aliphatic rings. The average Bonchev–Trinajstić information content (AvgIpc) is 2.96. The van der Waals surface area contributed by atoms with Crippen molar-refractivity contribution in [3.8, 4) is 0 Å². The number of furan rings is 1. The summed E-state index contributed by atoms with van der Waals surface area (Å²) in [6.45, 7) is 1.29. The summed E-state index contributed by atoms with van der Waals surface area (Å²) in [7, 11) is 0. The first-order valence-electron chi connectivity index (χ1n) is 5.86. The number of carbonyl (C=O) groups excluding carboxylic acids is 2. The molecular weight excluding hydrogens is 220 g/mol. The van der Waals surface area contributed by atoms with Gasteiger partial charge in [-0.2, -0.15) is 0 Å². The normalized spacial score (nSPS) is 24.4. The van der Waals surface area contributed by atoms with E-state index in [0.29, 0.717) is 6.54 Å². The van der Waals surface area contributed by atoms with Gasteiger partial charge in [0.05, 0.1) is 12.8 Å². The first kappa shape index (κ1) is 10.4. The maximum Gasteiger partial charge on any atom is 0.246 e. The lowest BCUT2D eigenvalue weighted by molar-refractivity contribution is -0.154. The number of hydrogen-bond donors (Lipinski definition) is 0. The Balaban J connectivity index is 1.77. The van der Waals surface area contributed by atoms with E-state index in [0.717, 1.165) is 25.1 Å². The van der Waals surface area contributed by atoms with Crippen LogP contribution in [0.2, 0.25) is 0 Å². The Hall–Kier alpha value is -1.78. The third kappa shape index (κ3) is 1.71. The largest absolute Gasteiger partial charge is 0.467 e. The quantitative estimate of drug-likeness (QED) is 0.753. The molecule has 3 heterocycles. The molecule has 1 atom stereocenters. The maximum atomic E-state index is 12.2. The molecule has 3 rings (SSSR count). The second-order valence-corrected chi connectivity index (χ2v) is 4.52. The van der Waals surface area contributed by atoms with Crippen molar-refractivity contribution < 1.29 is 14.0 Å². The van der Waals surface area contributed by atoms with Crippen LogP contribution in [0.4, 0.5) is 0 Å². The fourth-order valence-corrected chi connectivity index (χ4v) is 2.59. The smallest absolute Gasteiger partial charge is 0.246 e. The molecule has 2 aliphatic heterocycles. The van der Waals surface area contributed by atoms with E-state index in [1.54, 1.807) is 22.1 Å². The second kappa shape index (κ2) is 3.91. The summed E-state index contributed by atoms with van der Waals surface area (Å²) in [6, 6.07) is 3.37. The molecule has 0 aromatic carbocycles. The first-order valence-corrected chi connectivity index (χ1v) is 5.86. The molecule has 17 heavy (non-hydrogen) atoms. The highest BCUT2D eigenvalue weighted by Gasteiger charge is 2.41. The number of carbonyl (C=O) groups is 2. The number of nitrogens with zero attached hydrogens (tertiary/aromatic N) is 2. The van der Waals surface area contributed by atoms with Gasteiger partial charge in [-0.15, -0.1) is 0 Å². The van der Waals surface area contributed by atoms with Crippen LogP contribution >= 0.6 is 0 Å². The Morgan fingerprint density at radius 1 is 1.41 bits per heavy atom. The summed E-state index contributed by atoms with van der Waals surface area (Å²) in [4.78, 5) is 27.3. The zero-order valence-corrected chi connectivity index (χ0v) is 9.46. The first-order chi connectivity index (χ1) is 8.25. The van der Waals surface area contributed by atoms with Crippen molar-refractivity contribution in [3.05, 3.63) is 24.2 Å². The molecule has 5 heteroatoms. The summed E-state index contributed by atoms with van der Waals surface area (Å²) in [5.74, 6) is 0.828. The van der Waals surface area contributed by atoms with Gasteiger partial charge in [0.1, 0.15) is 18.3 Å². The summed E-state index contributed by atoms with van der Waals surface area (Å²) in [6.07, 6.45) is 3.30. The Labute approximate surface area is 99.0 Å². The number of fused-ring (bicyclic) bond motifs is 1. The van der Waals surface area contributed by atoms with Gasteiger partial charge in [0.25, 0.3) is 0 Å². The van der Waals surface area contributed by atoms with E-state index in [1.165, 1.54) is 0 Å². The standard InChI is InChI=1S/C12H14N2O3/c15-11-8-13(7-9-3-2-6-17-9)12(16)10-4-1-5-14(10)11/h2-3,6,10H,1,4-5,7-8H2. The molecule has 2 fully saturated rings. The van der Waals surface area contributed by atoms with Crippen molar-refractivity contribution in [1.29, 1.82) is 0 Å². The Kier molecular flexibility index (Phi) is 2.39. The third-order valence-corrected chi connectivity index (χ3v) is 3.42. The zero-order chi connectivity index (χ0) is 11.8. The van der Waals surface area contributed by atoms with E-state index >= 15 is 0 Å². The van der Waals surface area contributed by atoms with Gasteiger partial charge in [-0.1, -0.05) is 0 Å². The van der Waals surface area contributed by atoms with E-state index in [-0.39, 0.29) is 24.4 Å². The predicted molar refractivity (Wildman–Crippen MR) is 58.9 cm³/mol. The summed E-state index contributed by atoms with van der Waals surface area (Å²) in [5, 5.41) is 0. The minimum absolute atomic E-state index is 0.0542. The van der Waals surface area contributed by atoms with Crippen LogP contribution in [0, 0.1) is 0 Å². The lowest BCUT2D eigenvalue weighted by Gasteiger charge is -2.35. The van der Waals surface area contributed by atoms with Gasteiger partial charge in [-0.3, -0.25) is 9.59 Å². The summed E-state index contributed by atoms with van der Waals surface area (Å²) >= 11 is 0. The van der Waals surface area contributed by atoms with Crippen LogP contribution in [0.25, 0.3) is 0 Å². The van der Waals surface area contributed by atoms with Gasteiger partial charge in [0, 0.05) is 6.54 Å². The predicted octanol–water partition coefficient (Wildman–Crippen LogP) is 0.613. The van der Waals surface area contributed by atoms with Crippen LogP contribution in [-0.4, -0.2) is 40.7 Å². The van der Waals surface area contributed by atoms with Crippen molar-refractivity contribution in [2.24, 2.45) is 0 Å². The topological polar surface area (TPSA) is 53.8 Å². The van der Waals surface area contributed by atoms with Gasteiger partial charge >= 0.3 is 0 Å². The average molecular weight is 234 g/mol. The van der Waals surface area contributed by atoms with Crippen LogP contribution in [0.15, 0.2) is 22.8 Å². The molecule has 0 aliphatic carbocycles. The molecule has 2 saturated heterocycles. The van der Waals surface area contributed by atoms with E-state index in [1.807, 2.05) is 6.07 Å². The van der Waals surface area contributed by atoms with Crippen molar-refractivity contribution in [1.82, 2.24) is 9.80 Å². The van der Waals surface area contributed by atoms with Crippen molar-refractivity contribution in [2.45, 2.75) is 25.4 Å². The minimum atomic E-state index is -0.230. The summed E-state index contributed by atoms with van der Waals surface area (Å²) < 4.78 is 5.21. The van der Waals surface area contributed by atoms with E-state index in [9.17, 15) is 9.59 Å². The number of piperazine rings is 1. The highest BCUT2D eigenvalue weighted by atomic mass is 16.3. The molecule has 1 aromatic rings. The van der Waals surface area contributed by atoms with Gasteiger partial charge in [0.2, 0.25) is 11.8 Å². The molecule has 0 bridgehead atoms. The van der Waals surface area contributed by atoms with Crippen LogP contribution in [0.3, 0.4) is 0 Å². The molecule has 1 aromatic heterocycles. The lowest BCUT2D eigenvalue weighted by Crippen LogP contribution is -2.56. The van der Waals surface area contributed by atoms with Gasteiger partial charge in [-0.05, 0) is 25.0 Å². The van der Waals surface area contributed by atoms with Crippen LogP contribution in [-0.2, 0) is 16.1 Å². The van der Waals surface area contributed by atoms with Crippen LogP contribution in [0.5, 0.6) is 0 Å². The number of amides is 2. The van der Waals surface area contributed by atoms with E-state index in [2.05, 4.69) is 0 Å². The molecule has 90 valence electrons. The third-order valence-electron chi connectivity index (χ3n) is 3.42. The van der Waals surface area contributed by atoms with Crippen molar-refractivity contribution >= 4 is 11.8 Å². The van der Waals surface area contributed by atoms with Crippen molar-refractivity contribution in [2.75, 3.05) is 13.1 Å². The minimum Gasteiger partial charge on any atom is -0.467 e. The van der Waals surface area contributed by atoms with Crippen molar-refractivity contribution in [3.63, 3.8) is 0 Å². The van der Waals surface area contributed by atoms with Crippen LogP contribution < -0.4 is 0 Å². The Bertz CT molecular complexity index is 441. The zero-order valence-electron chi connectivity index (χ0n) is 9.46. The lowest BCUT2D eigenvalue weighted by atomic mass is 10.1. The van der Waals surface area contributed by atoms with E-state index in [4.69, 9.17) is 4.42 Å². The molecule has 0 N–H and O–H groups in total. The molecule has 0 saturated carbocycles. The van der Waals surface area contributed by atoms with Gasteiger partial charge in [-0.25, -0.2) is 0 Å². The molecule has 0 spiro atoms. The molecule has 1 unspecified atom stereocenters. The number of hydrogen-bond acceptors (Lipinski definition) is 3. The summed E-state index contributed by atoms with van der Waals surface area (Å²) in [5.41, 5.74) is 0. The van der Waals surface area contributed by atoms with Crippen LogP contribution in [0.1, 0.15) is 18.6 Å². The van der Waals surface area contributed by atoms with Gasteiger partial charge in [0.15, 0.2) is 0 Å². The maximum absolute atomic E-state index is 12.2. The molecular formula is C12H14N2O3. The fourth-order valence-electron chi connectivity index (χ4n) is 2.59. The number of rotatable bonds is 2. The van der Waals surface area contributed by atoms with E-state index < -0.39 is 0 Å². The molecule has 2 amide bonds. The highest BCUT2D eigenvalue weighted by Crippen LogP contribution is 2.24.